The van der Waals surface area contributed by atoms with Crippen LogP contribution in [0.5, 0.6) is 0 Å². The molecule has 10 nitrogen and oxygen atoms in total. The van der Waals surface area contributed by atoms with Crippen molar-refractivity contribution in [3.05, 3.63) is 35.9 Å². The van der Waals surface area contributed by atoms with Crippen molar-refractivity contribution >= 4 is 29.6 Å². The molecule has 1 aliphatic rings. The maximum atomic E-state index is 13.6. The highest BCUT2D eigenvalue weighted by Gasteiger charge is 2.35. The van der Waals surface area contributed by atoms with Crippen molar-refractivity contribution in [1.82, 2.24) is 21.3 Å². The molecular formula is C30H46N4O6. The van der Waals surface area contributed by atoms with Crippen molar-refractivity contribution < 1.29 is 28.7 Å². The highest BCUT2D eigenvalue weighted by molar-refractivity contribution is 5.96. The van der Waals surface area contributed by atoms with Crippen LogP contribution in [0.15, 0.2) is 30.3 Å². The van der Waals surface area contributed by atoms with Crippen LogP contribution in [-0.2, 0) is 35.1 Å². The number of nitrogens with one attached hydrogen (secondary N) is 4. The summed E-state index contributed by atoms with van der Waals surface area (Å²) < 4.78 is 5.57. The molecule has 2 rings (SSSR count). The Morgan fingerprint density at radius 3 is 1.57 bits per heavy atom. The van der Waals surface area contributed by atoms with Gasteiger partial charge in [0, 0.05) is 6.42 Å². The first-order valence-corrected chi connectivity index (χ1v) is 14.2. The summed E-state index contributed by atoms with van der Waals surface area (Å²) in [6.07, 6.45) is -0.115. The molecule has 1 fully saturated rings. The molecule has 0 bridgehead atoms. The zero-order chi connectivity index (χ0) is 30.0. The van der Waals surface area contributed by atoms with E-state index in [1.54, 1.807) is 0 Å². The number of rotatable bonds is 8. The van der Waals surface area contributed by atoms with Crippen LogP contribution in [0.25, 0.3) is 0 Å². The fraction of sp³-hybridized carbons (Fsp3) is 0.633. The van der Waals surface area contributed by atoms with E-state index in [9.17, 15) is 24.0 Å². The number of cyclic esters (lactones) is 1. The fourth-order valence-corrected chi connectivity index (χ4v) is 4.53. The first kappa shape index (κ1) is 32.8. The van der Waals surface area contributed by atoms with Crippen LogP contribution in [-0.4, -0.2) is 59.9 Å². The predicted octanol–water partition coefficient (Wildman–Crippen LogP) is 2.25. The molecule has 222 valence electrons. The summed E-state index contributed by atoms with van der Waals surface area (Å²) in [6, 6.07) is 5.26. The Hall–Kier alpha value is -3.43. The standard InChI is InChI=1S/C30H46N4O6/c1-17(2)13-22-26(35)31-20(7)30(39)40-25(15-19(5)6)29(38)34-24(16-21-11-9-8-10-12-21)28(37)33-23(14-18(3)4)27(36)32-22/h8-12,17-20,22-25H,13-16H2,1-7H3,(H,31,35)(H,32,36)(H,33,37)(H,34,38)/t20-,22-,23+,24-,25-/m0/s1. The zero-order valence-corrected chi connectivity index (χ0v) is 24.8. The van der Waals surface area contributed by atoms with Gasteiger partial charge in [-0.1, -0.05) is 71.9 Å². The van der Waals surface area contributed by atoms with Crippen molar-refractivity contribution in [3.8, 4) is 0 Å². The lowest BCUT2D eigenvalue weighted by molar-refractivity contribution is -0.159. The first-order chi connectivity index (χ1) is 18.8. The molecule has 1 aliphatic heterocycles. The van der Waals surface area contributed by atoms with Gasteiger partial charge in [0.15, 0.2) is 6.10 Å². The molecule has 0 radical (unpaired) electrons. The van der Waals surface area contributed by atoms with Gasteiger partial charge in [-0.05, 0) is 49.5 Å². The summed E-state index contributed by atoms with van der Waals surface area (Å²) in [5, 5.41) is 11.0. The fourth-order valence-electron chi connectivity index (χ4n) is 4.53. The molecule has 1 aromatic carbocycles. The molecule has 0 saturated carbocycles. The molecule has 1 aromatic rings. The molecular weight excluding hydrogens is 512 g/mol. The molecule has 0 aliphatic carbocycles. The monoisotopic (exact) mass is 558 g/mol. The average Bonchev–Trinajstić information content (AvgIpc) is 2.86. The molecule has 40 heavy (non-hydrogen) atoms. The summed E-state index contributed by atoms with van der Waals surface area (Å²) in [7, 11) is 0. The van der Waals surface area contributed by atoms with Gasteiger partial charge >= 0.3 is 5.97 Å². The van der Waals surface area contributed by atoms with E-state index in [4.69, 9.17) is 4.74 Å². The summed E-state index contributed by atoms with van der Waals surface area (Å²) in [5.41, 5.74) is 0.809. The van der Waals surface area contributed by atoms with Crippen LogP contribution in [0, 0.1) is 17.8 Å². The molecule has 10 heteroatoms. The van der Waals surface area contributed by atoms with E-state index in [1.807, 2.05) is 71.9 Å². The Kier molecular flexibility index (Phi) is 12.6. The number of hydrogen-bond donors (Lipinski definition) is 4. The van der Waals surface area contributed by atoms with Crippen molar-refractivity contribution in [2.45, 2.75) is 104 Å². The third-order valence-electron chi connectivity index (χ3n) is 6.54. The summed E-state index contributed by atoms with van der Waals surface area (Å²) >= 11 is 0. The second kappa shape index (κ2) is 15.4. The van der Waals surface area contributed by atoms with Gasteiger partial charge in [0.25, 0.3) is 5.91 Å². The lowest BCUT2D eigenvalue weighted by Gasteiger charge is -2.27. The molecule has 0 spiro atoms. The van der Waals surface area contributed by atoms with Crippen molar-refractivity contribution in [2.75, 3.05) is 0 Å². The quantitative estimate of drug-likeness (QED) is 0.361. The van der Waals surface area contributed by atoms with Gasteiger partial charge in [-0.2, -0.15) is 0 Å². The van der Waals surface area contributed by atoms with E-state index in [1.165, 1.54) is 6.92 Å². The Morgan fingerprint density at radius 2 is 1.07 bits per heavy atom. The van der Waals surface area contributed by atoms with E-state index in [0.29, 0.717) is 12.8 Å². The van der Waals surface area contributed by atoms with Gasteiger partial charge in [-0.15, -0.1) is 0 Å². The van der Waals surface area contributed by atoms with Gasteiger partial charge in [-0.25, -0.2) is 4.79 Å². The topological polar surface area (TPSA) is 143 Å². The number of ether oxygens (including phenoxy) is 1. The Balaban J connectivity index is 2.52. The lowest BCUT2D eigenvalue weighted by atomic mass is 9.99. The second-order valence-electron chi connectivity index (χ2n) is 11.9. The van der Waals surface area contributed by atoms with Gasteiger partial charge in [0.2, 0.25) is 17.7 Å². The third-order valence-corrected chi connectivity index (χ3v) is 6.54. The van der Waals surface area contributed by atoms with E-state index in [2.05, 4.69) is 21.3 Å². The Morgan fingerprint density at radius 1 is 0.625 bits per heavy atom. The van der Waals surface area contributed by atoms with Crippen LogP contribution >= 0.6 is 0 Å². The minimum atomic E-state index is -1.17. The average molecular weight is 559 g/mol. The predicted molar refractivity (Wildman–Crippen MR) is 152 cm³/mol. The lowest BCUT2D eigenvalue weighted by Crippen LogP contribution is -2.58. The Labute approximate surface area is 237 Å². The molecule has 1 saturated heterocycles. The van der Waals surface area contributed by atoms with E-state index < -0.39 is 59.9 Å². The molecule has 0 aromatic heterocycles. The van der Waals surface area contributed by atoms with Crippen molar-refractivity contribution in [1.29, 1.82) is 0 Å². The SMILES string of the molecule is CC(C)C[C@@H]1NC(=O)[C@@H](CC(C)C)NC(=O)[C@H](Cc2ccccc2)NC(=O)[C@H](CC(C)C)OC(=O)[C@H](C)NC1=O. The molecule has 4 N–H and O–H groups in total. The molecule has 1 heterocycles. The van der Waals surface area contributed by atoms with Gasteiger partial charge in [0.05, 0.1) is 0 Å². The van der Waals surface area contributed by atoms with E-state index in [-0.39, 0.29) is 30.6 Å². The minimum Gasteiger partial charge on any atom is -0.451 e. The van der Waals surface area contributed by atoms with Crippen LogP contribution in [0.4, 0.5) is 0 Å². The van der Waals surface area contributed by atoms with Crippen LogP contribution in [0.1, 0.15) is 73.3 Å². The molecule has 4 amide bonds. The van der Waals surface area contributed by atoms with Crippen LogP contribution in [0.3, 0.4) is 0 Å². The first-order valence-electron chi connectivity index (χ1n) is 14.2. The van der Waals surface area contributed by atoms with Gasteiger partial charge < -0.3 is 26.0 Å². The maximum absolute atomic E-state index is 13.6. The number of esters is 1. The smallest absolute Gasteiger partial charge is 0.329 e. The third kappa shape index (κ3) is 10.6. The number of benzene rings is 1. The van der Waals surface area contributed by atoms with Crippen LogP contribution in [0.2, 0.25) is 0 Å². The Bertz CT molecular complexity index is 1030. The second-order valence-corrected chi connectivity index (χ2v) is 11.9. The summed E-state index contributed by atoms with van der Waals surface area (Å²) in [4.78, 5) is 66.6. The zero-order valence-electron chi connectivity index (χ0n) is 24.8. The minimum absolute atomic E-state index is 0.00426. The number of amides is 4. The molecule has 0 unspecified atom stereocenters. The summed E-state index contributed by atoms with van der Waals surface area (Å²) in [6.45, 7) is 12.9. The van der Waals surface area contributed by atoms with E-state index >= 15 is 0 Å². The van der Waals surface area contributed by atoms with Gasteiger partial charge in [-0.3, -0.25) is 19.2 Å². The highest BCUT2D eigenvalue weighted by atomic mass is 16.5. The van der Waals surface area contributed by atoms with Crippen molar-refractivity contribution in [3.63, 3.8) is 0 Å². The number of hydrogen-bond acceptors (Lipinski definition) is 6. The number of carbonyl (C=O) groups excluding carboxylic acids is 5. The number of carbonyl (C=O) groups is 5. The van der Waals surface area contributed by atoms with E-state index in [0.717, 1.165) is 5.56 Å². The summed E-state index contributed by atoms with van der Waals surface area (Å²) in [5.74, 6) is -2.86. The largest absolute Gasteiger partial charge is 0.451 e. The molecule has 5 atom stereocenters. The normalized spacial score (nSPS) is 25.4. The van der Waals surface area contributed by atoms with Crippen molar-refractivity contribution in [2.24, 2.45) is 17.8 Å². The van der Waals surface area contributed by atoms with Crippen LogP contribution < -0.4 is 21.3 Å². The van der Waals surface area contributed by atoms with Gasteiger partial charge in [0.1, 0.15) is 24.2 Å². The maximum Gasteiger partial charge on any atom is 0.329 e. The highest BCUT2D eigenvalue weighted by Crippen LogP contribution is 2.14.